The number of carbonyl (C=O) groups is 1. The molecule has 1 heterocycles. The number of methoxy groups -OCH3 is 1. The van der Waals surface area contributed by atoms with Crippen molar-refractivity contribution in [3.05, 3.63) is 0 Å². The van der Waals surface area contributed by atoms with Gasteiger partial charge in [-0.2, -0.15) is 0 Å². The van der Waals surface area contributed by atoms with Crippen LogP contribution in [0.4, 0.5) is 0 Å². The van der Waals surface area contributed by atoms with Crippen molar-refractivity contribution in [3.63, 3.8) is 0 Å². The minimum Gasteiger partial charge on any atom is -0.467 e. The molecule has 0 aliphatic carbocycles. The molecule has 4 nitrogen and oxygen atoms in total. The van der Waals surface area contributed by atoms with E-state index in [1.165, 1.54) is 7.11 Å². The zero-order valence-electron chi connectivity index (χ0n) is 8.45. The van der Waals surface area contributed by atoms with E-state index in [1.54, 1.807) is 0 Å². The molecule has 14 heavy (non-hydrogen) atoms. The Morgan fingerprint density at radius 3 is 2.64 bits per heavy atom. The zero-order valence-corrected chi connectivity index (χ0v) is 9.27. The molecule has 0 aromatic heterocycles. The fraction of sp³-hybridized carbons (Fsp3) is 0.889. The monoisotopic (exact) mass is 223 g/mol. The fourth-order valence-corrected chi connectivity index (χ4v) is 1.42. The molecule has 1 fully saturated rings. The van der Waals surface area contributed by atoms with Gasteiger partial charge in [-0.1, -0.05) is 0 Å². The maximum absolute atomic E-state index is 10.7. The van der Waals surface area contributed by atoms with Crippen molar-refractivity contribution in [2.45, 2.75) is 12.8 Å². The van der Waals surface area contributed by atoms with Gasteiger partial charge in [-0.3, -0.25) is 0 Å². The lowest BCUT2D eigenvalue weighted by molar-refractivity contribution is -0.146. The van der Waals surface area contributed by atoms with Gasteiger partial charge in [0.1, 0.15) is 6.61 Å². The molecule has 1 rings (SSSR count). The van der Waals surface area contributed by atoms with E-state index in [0.29, 0.717) is 12.5 Å². The summed E-state index contributed by atoms with van der Waals surface area (Å²) >= 11 is 0. The highest BCUT2D eigenvalue weighted by molar-refractivity contribution is 5.85. The molecule has 1 aliphatic heterocycles. The van der Waals surface area contributed by atoms with E-state index in [2.05, 4.69) is 10.1 Å². The lowest BCUT2D eigenvalue weighted by Gasteiger charge is -2.21. The number of esters is 1. The zero-order chi connectivity index (χ0) is 9.52. The number of rotatable bonds is 4. The molecule has 0 bridgehead atoms. The van der Waals surface area contributed by atoms with E-state index >= 15 is 0 Å². The first-order valence-corrected chi connectivity index (χ1v) is 4.68. The minimum absolute atomic E-state index is 0. The average Bonchev–Trinajstić information content (AvgIpc) is 2.19. The van der Waals surface area contributed by atoms with Crippen LogP contribution in [0.1, 0.15) is 12.8 Å². The highest BCUT2D eigenvalue weighted by atomic mass is 35.5. The number of hydrogen-bond donors (Lipinski definition) is 1. The van der Waals surface area contributed by atoms with Crippen LogP contribution in [0, 0.1) is 5.92 Å². The molecule has 0 unspecified atom stereocenters. The van der Waals surface area contributed by atoms with Crippen LogP contribution in [0.25, 0.3) is 0 Å². The molecule has 0 spiro atoms. The fourth-order valence-electron chi connectivity index (χ4n) is 1.42. The maximum Gasteiger partial charge on any atom is 0.331 e. The van der Waals surface area contributed by atoms with Crippen LogP contribution in [-0.2, 0) is 14.3 Å². The van der Waals surface area contributed by atoms with Gasteiger partial charge in [-0.25, -0.2) is 4.79 Å². The third kappa shape index (κ3) is 5.42. The van der Waals surface area contributed by atoms with Gasteiger partial charge < -0.3 is 14.8 Å². The first-order valence-electron chi connectivity index (χ1n) is 4.68. The van der Waals surface area contributed by atoms with Crippen LogP contribution in [-0.4, -0.2) is 39.4 Å². The summed E-state index contributed by atoms with van der Waals surface area (Å²) in [5.41, 5.74) is 0. The Hall–Kier alpha value is -0.320. The largest absolute Gasteiger partial charge is 0.467 e. The molecular weight excluding hydrogens is 206 g/mol. The van der Waals surface area contributed by atoms with Gasteiger partial charge in [-0.15, -0.1) is 12.4 Å². The molecule has 0 radical (unpaired) electrons. The third-order valence-corrected chi connectivity index (χ3v) is 2.26. The number of ether oxygens (including phenoxy) is 2. The summed E-state index contributed by atoms with van der Waals surface area (Å²) < 4.78 is 9.69. The van der Waals surface area contributed by atoms with E-state index in [4.69, 9.17) is 4.74 Å². The molecule has 0 atom stereocenters. The van der Waals surface area contributed by atoms with Crippen molar-refractivity contribution in [3.8, 4) is 0 Å². The van der Waals surface area contributed by atoms with Gasteiger partial charge in [0, 0.05) is 0 Å². The predicted octanol–water partition coefficient (Wildman–Crippen LogP) is 0.597. The molecule has 0 aromatic rings. The molecule has 0 amide bonds. The minimum atomic E-state index is -0.297. The van der Waals surface area contributed by atoms with Crippen LogP contribution in [0.3, 0.4) is 0 Å². The molecule has 5 heteroatoms. The van der Waals surface area contributed by atoms with E-state index < -0.39 is 0 Å². The quantitative estimate of drug-likeness (QED) is 0.709. The Morgan fingerprint density at radius 2 is 2.07 bits per heavy atom. The van der Waals surface area contributed by atoms with Gasteiger partial charge in [0.05, 0.1) is 13.7 Å². The molecule has 1 N–H and O–H groups in total. The van der Waals surface area contributed by atoms with Gasteiger partial charge in [0.2, 0.25) is 0 Å². The second kappa shape index (κ2) is 8.03. The van der Waals surface area contributed by atoms with E-state index in [-0.39, 0.29) is 25.0 Å². The van der Waals surface area contributed by atoms with E-state index in [9.17, 15) is 4.79 Å². The number of halogens is 1. The molecular formula is C9H18ClNO3. The highest BCUT2D eigenvalue weighted by Gasteiger charge is 2.13. The first-order chi connectivity index (χ1) is 6.33. The number of hydrogen-bond acceptors (Lipinski definition) is 4. The van der Waals surface area contributed by atoms with Crippen molar-refractivity contribution in [2.75, 3.05) is 33.4 Å². The Bertz CT molecular complexity index is 160. The van der Waals surface area contributed by atoms with E-state index in [0.717, 1.165) is 25.9 Å². The summed E-state index contributed by atoms with van der Waals surface area (Å²) in [6.07, 6.45) is 2.28. The summed E-state index contributed by atoms with van der Waals surface area (Å²) in [4.78, 5) is 10.7. The van der Waals surface area contributed by atoms with Crippen molar-refractivity contribution < 1.29 is 14.3 Å². The summed E-state index contributed by atoms with van der Waals surface area (Å²) in [6.45, 7) is 2.88. The Balaban J connectivity index is 0.00000169. The number of nitrogens with one attached hydrogen (secondary N) is 1. The summed E-state index contributed by atoms with van der Waals surface area (Å²) in [7, 11) is 1.37. The van der Waals surface area contributed by atoms with Crippen LogP contribution >= 0.6 is 12.4 Å². The van der Waals surface area contributed by atoms with Crippen molar-refractivity contribution in [2.24, 2.45) is 5.92 Å². The molecule has 0 saturated carbocycles. The maximum atomic E-state index is 10.7. The lowest BCUT2D eigenvalue weighted by Crippen LogP contribution is -2.30. The Morgan fingerprint density at radius 1 is 1.43 bits per heavy atom. The lowest BCUT2D eigenvalue weighted by atomic mass is 9.99. The van der Waals surface area contributed by atoms with Gasteiger partial charge in [0.25, 0.3) is 0 Å². The van der Waals surface area contributed by atoms with Gasteiger partial charge >= 0.3 is 5.97 Å². The Labute approximate surface area is 90.7 Å². The second-order valence-corrected chi connectivity index (χ2v) is 3.28. The Kier molecular flexibility index (Phi) is 7.84. The van der Waals surface area contributed by atoms with Crippen LogP contribution < -0.4 is 5.32 Å². The van der Waals surface area contributed by atoms with Gasteiger partial charge in [-0.05, 0) is 31.8 Å². The smallest absolute Gasteiger partial charge is 0.331 e. The van der Waals surface area contributed by atoms with E-state index in [1.807, 2.05) is 0 Å². The molecule has 1 saturated heterocycles. The van der Waals surface area contributed by atoms with Crippen molar-refractivity contribution in [1.29, 1.82) is 0 Å². The molecule has 84 valence electrons. The molecule has 1 aliphatic rings. The average molecular weight is 224 g/mol. The summed E-state index contributed by atoms with van der Waals surface area (Å²) in [5, 5.41) is 3.28. The number of piperidine rings is 1. The van der Waals surface area contributed by atoms with Crippen molar-refractivity contribution >= 4 is 18.4 Å². The first kappa shape index (κ1) is 13.7. The topological polar surface area (TPSA) is 47.6 Å². The third-order valence-electron chi connectivity index (χ3n) is 2.26. The van der Waals surface area contributed by atoms with Crippen LogP contribution in [0.15, 0.2) is 0 Å². The predicted molar refractivity (Wildman–Crippen MR) is 55.7 cm³/mol. The van der Waals surface area contributed by atoms with Crippen LogP contribution in [0.5, 0.6) is 0 Å². The molecule has 0 aromatic carbocycles. The normalized spacial score (nSPS) is 17.2. The summed E-state index contributed by atoms with van der Waals surface area (Å²) in [5.74, 6) is 0.305. The highest BCUT2D eigenvalue weighted by Crippen LogP contribution is 2.11. The summed E-state index contributed by atoms with van der Waals surface area (Å²) in [6, 6.07) is 0. The SMILES string of the molecule is COC(=O)COCC1CCNCC1.Cl. The standard InChI is InChI=1S/C9H17NO3.ClH/c1-12-9(11)7-13-6-8-2-4-10-5-3-8;/h8,10H,2-7H2,1H3;1H. The van der Waals surface area contributed by atoms with Crippen LogP contribution in [0.2, 0.25) is 0 Å². The van der Waals surface area contributed by atoms with Crippen molar-refractivity contribution in [1.82, 2.24) is 5.32 Å². The van der Waals surface area contributed by atoms with Gasteiger partial charge in [0.15, 0.2) is 0 Å². The number of carbonyl (C=O) groups excluding carboxylic acids is 1. The second-order valence-electron chi connectivity index (χ2n) is 3.28.